The summed E-state index contributed by atoms with van der Waals surface area (Å²) in [4.78, 5) is 35.6. The maximum absolute atomic E-state index is 14.4. The first kappa shape index (κ1) is 30.8. The van der Waals surface area contributed by atoms with Gasteiger partial charge in [0.05, 0.1) is 22.9 Å². The number of thiazole rings is 1. The summed E-state index contributed by atoms with van der Waals surface area (Å²) in [6.45, 7) is 9.69. The van der Waals surface area contributed by atoms with Crippen LogP contribution in [-0.2, 0) is 11.3 Å². The molecular formula is C36H35BrN4O3S. The molecule has 1 aliphatic heterocycles. The van der Waals surface area contributed by atoms with Gasteiger partial charge in [-0.2, -0.15) is 0 Å². The van der Waals surface area contributed by atoms with Crippen LogP contribution in [0.25, 0.3) is 17.0 Å². The Balaban J connectivity index is 1.56. The lowest BCUT2D eigenvalue weighted by molar-refractivity contribution is -0.127. The minimum atomic E-state index is -0.674. The first-order valence-corrected chi connectivity index (χ1v) is 16.6. The zero-order valence-electron chi connectivity index (χ0n) is 26.0. The highest BCUT2D eigenvalue weighted by Crippen LogP contribution is 2.36. The van der Waals surface area contributed by atoms with E-state index >= 15 is 0 Å². The van der Waals surface area contributed by atoms with Crippen LogP contribution in [0.2, 0.25) is 0 Å². The standard InChI is InChI=1S/C36H35BrN4O3S/c1-6-39(7-2)35(43)32-22(3)38-36-41(33(32)27-13-9-11-15-30(27)44-5)34(42)31(45-36)20-28-23(4)40(29-14-10-8-12-26(28)29)21-24-16-18-25(37)19-17-24/h8-20,33H,6-7,21H2,1-5H3/b31-20+/t33-/m0/s1. The average molecular weight is 684 g/mol. The quantitative estimate of drug-likeness (QED) is 0.196. The molecular weight excluding hydrogens is 648 g/mol. The SMILES string of the molecule is CCN(CC)C(=O)C1=C(C)N=c2s/c(=C/c3c(C)n(Cc4ccc(Br)cc4)c4ccccc34)c(=O)n2[C@H]1c1ccccc1OC. The fraction of sp³-hybridized carbons (Fsp3) is 0.250. The number of hydrogen-bond acceptors (Lipinski definition) is 5. The number of amides is 1. The number of allylic oxidation sites excluding steroid dienone is 1. The molecule has 1 aliphatic rings. The van der Waals surface area contributed by atoms with Gasteiger partial charge < -0.3 is 14.2 Å². The van der Waals surface area contributed by atoms with Crippen molar-refractivity contribution in [3.63, 3.8) is 0 Å². The van der Waals surface area contributed by atoms with Crippen LogP contribution in [-0.4, -0.2) is 40.1 Å². The van der Waals surface area contributed by atoms with Crippen LogP contribution < -0.4 is 19.6 Å². The minimum absolute atomic E-state index is 0.127. The summed E-state index contributed by atoms with van der Waals surface area (Å²) in [6.07, 6.45) is 1.99. The number of halogens is 1. The van der Waals surface area contributed by atoms with E-state index < -0.39 is 6.04 Å². The average Bonchev–Trinajstić information content (AvgIpc) is 3.50. The third kappa shape index (κ3) is 5.48. The van der Waals surface area contributed by atoms with E-state index in [-0.39, 0.29) is 11.5 Å². The maximum Gasteiger partial charge on any atom is 0.271 e. The Labute approximate surface area is 274 Å². The summed E-state index contributed by atoms with van der Waals surface area (Å²) < 4.78 is 11.3. The molecule has 0 aliphatic carbocycles. The molecule has 0 fully saturated rings. The maximum atomic E-state index is 14.4. The molecule has 0 saturated heterocycles. The van der Waals surface area contributed by atoms with Crippen LogP contribution in [0.15, 0.2) is 98.3 Å². The van der Waals surface area contributed by atoms with Crippen LogP contribution in [0.5, 0.6) is 5.75 Å². The summed E-state index contributed by atoms with van der Waals surface area (Å²) in [7, 11) is 1.61. The number of hydrogen-bond donors (Lipinski definition) is 0. The number of rotatable bonds is 8. The predicted octanol–water partition coefficient (Wildman–Crippen LogP) is 6.19. The number of carbonyl (C=O) groups is 1. The van der Waals surface area contributed by atoms with E-state index in [0.29, 0.717) is 46.0 Å². The lowest BCUT2D eigenvalue weighted by Crippen LogP contribution is -2.43. The molecule has 5 aromatic rings. The van der Waals surface area contributed by atoms with Crippen molar-refractivity contribution >= 4 is 50.2 Å². The number of nitrogens with zero attached hydrogens (tertiary/aromatic N) is 4. The van der Waals surface area contributed by atoms with E-state index in [0.717, 1.165) is 32.2 Å². The molecule has 0 bridgehead atoms. The van der Waals surface area contributed by atoms with E-state index in [1.165, 1.54) is 16.9 Å². The third-order valence-corrected chi connectivity index (χ3v) is 10.1. The highest BCUT2D eigenvalue weighted by atomic mass is 79.9. The van der Waals surface area contributed by atoms with E-state index in [2.05, 4.69) is 63.8 Å². The van der Waals surface area contributed by atoms with Crippen LogP contribution in [0.1, 0.15) is 49.2 Å². The molecule has 9 heteroatoms. The third-order valence-electron chi connectivity index (χ3n) is 8.55. The first-order valence-electron chi connectivity index (χ1n) is 15.0. The zero-order chi connectivity index (χ0) is 31.8. The molecule has 0 spiro atoms. The molecule has 0 unspecified atom stereocenters. The number of carbonyl (C=O) groups excluding carboxylic acids is 1. The molecule has 230 valence electrons. The van der Waals surface area contributed by atoms with Gasteiger partial charge in [0.2, 0.25) is 0 Å². The highest BCUT2D eigenvalue weighted by molar-refractivity contribution is 9.10. The van der Waals surface area contributed by atoms with Gasteiger partial charge in [-0.3, -0.25) is 14.2 Å². The molecule has 0 saturated carbocycles. The number of benzene rings is 3. The Morgan fingerprint density at radius 1 is 1.02 bits per heavy atom. The fourth-order valence-corrected chi connectivity index (χ4v) is 7.50. The van der Waals surface area contributed by atoms with E-state index in [4.69, 9.17) is 9.73 Å². The van der Waals surface area contributed by atoms with Crippen molar-refractivity contribution in [1.82, 2.24) is 14.0 Å². The van der Waals surface area contributed by atoms with Crippen LogP contribution in [0.3, 0.4) is 0 Å². The fourth-order valence-electron chi connectivity index (χ4n) is 6.21. The number of aromatic nitrogens is 2. The number of likely N-dealkylation sites (N-methyl/N-ethyl adjacent to an activating group) is 1. The van der Waals surface area contributed by atoms with Gasteiger partial charge in [0.15, 0.2) is 4.80 Å². The van der Waals surface area contributed by atoms with Gasteiger partial charge >= 0.3 is 0 Å². The Kier molecular flexibility index (Phi) is 8.66. The van der Waals surface area contributed by atoms with Crippen molar-refractivity contribution in [1.29, 1.82) is 0 Å². The van der Waals surface area contributed by atoms with E-state index in [9.17, 15) is 9.59 Å². The molecule has 2 aromatic heterocycles. The smallest absolute Gasteiger partial charge is 0.271 e. The summed E-state index contributed by atoms with van der Waals surface area (Å²) in [5, 5.41) is 1.08. The number of ether oxygens (including phenoxy) is 1. The molecule has 0 N–H and O–H groups in total. The monoisotopic (exact) mass is 682 g/mol. The minimum Gasteiger partial charge on any atom is -0.496 e. The normalized spacial score (nSPS) is 14.9. The van der Waals surface area contributed by atoms with Crippen molar-refractivity contribution in [3.8, 4) is 5.75 Å². The molecule has 3 aromatic carbocycles. The van der Waals surface area contributed by atoms with E-state index in [1.807, 2.05) is 63.2 Å². The lowest BCUT2D eigenvalue weighted by Gasteiger charge is -2.29. The van der Waals surface area contributed by atoms with Crippen molar-refractivity contribution in [2.24, 2.45) is 4.99 Å². The lowest BCUT2D eigenvalue weighted by atomic mass is 9.94. The predicted molar refractivity (Wildman–Crippen MR) is 185 cm³/mol. The largest absolute Gasteiger partial charge is 0.496 e. The second-order valence-electron chi connectivity index (χ2n) is 11.0. The number of methoxy groups -OCH3 is 1. The molecule has 7 nitrogen and oxygen atoms in total. The summed E-state index contributed by atoms with van der Waals surface area (Å²) in [5.74, 6) is 0.488. The van der Waals surface area contributed by atoms with Gasteiger partial charge in [0, 0.05) is 51.8 Å². The second-order valence-corrected chi connectivity index (χ2v) is 13.0. The van der Waals surface area contributed by atoms with Crippen molar-refractivity contribution in [2.45, 2.75) is 40.3 Å². The van der Waals surface area contributed by atoms with Gasteiger partial charge in [-0.25, -0.2) is 4.99 Å². The second kappa shape index (κ2) is 12.7. The molecule has 1 atom stereocenters. The van der Waals surface area contributed by atoms with Gasteiger partial charge in [0.25, 0.3) is 11.5 Å². The van der Waals surface area contributed by atoms with Gasteiger partial charge in [-0.15, -0.1) is 0 Å². The van der Waals surface area contributed by atoms with Crippen molar-refractivity contribution in [3.05, 3.63) is 131 Å². The number of para-hydroxylation sites is 2. The summed E-state index contributed by atoms with van der Waals surface area (Å²) in [5.41, 5.74) is 6.02. The van der Waals surface area contributed by atoms with Crippen LogP contribution >= 0.6 is 27.3 Å². The Bertz CT molecular complexity index is 2140. The Hall–Kier alpha value is -4.21. The van der Waals surface area contributed by atoms with Crippen LogP contribution in [0.4, 0.5) is 0 Å². The Morgan fingerprint density at radius 3 is 2.42 bits per heavy atom. The highest BCUT2D eigenvalue weighted by Gasteiger charge is 2.35. The molecule has 3 heterocycles. The van der Waals surface area contributed by atoms with E-state index in [1.54, 1.807) is 16.6 Å². The molecule has 6 rings (SSSR count). The zero-order valence-corrected chi connectivity index (χ0v) is 28.4. The first-order chi connectivity index (χ1) is 21.8. The molecule has 1 amide bonds. The van der Waals surface area contributed by atoms with Crippen molar-refractivity contribution < 1.29 is 9.53 Å². The van der Waals surface area contributed by atoms with Gasteiger partial charge in [-0.05, 0) is 63.6 Å². The topological polar surface area (TPSA) is 68.8 Å². The van der Waals surface area contributed by atoms with Gasteiger partial charge in [-0.1, -0.05) is 75.8 Å². The van der Waals surface area contributed by atoms with Crippen LogP contribution in [0, 0.1) is 6.92 Å². The summed E-state index contributed by atoms with van der Waals surface area (Å²) in [6, 6.07) is 23.6. The number of fused-ring (bicyclic) bond motifs is 2. The van der Waals surface area contributed by atoms with Gasteiger partial charge in [0.1, 0.15) is 11.8 Å². The molecule has 45 heavy (non-hydrogen) atoms. The van der Waals surface area contributed by atoms with Crippen molar-refractivity contribution in [2.75, 3.05) is 20.2 Å². The Morgan fingerprint density at radius 2 is 1.71 bits per heavy atom. The molecule has 0 radical (unpaired) electrons. The summed E-state index contributed by atoms with van der Waals surface area (Å²) >= 11 is 4.88.